The highest BCUT2D eigenvalue weighted by Crippen LogP contribution is 2.14. The lowest BCUT2D eigenvalue weighted by Gasteiger charge is -2.35. The highest BCUT2D eigenvalue weighted by Gasteiger charge is 2.22. The fraction of sp³-hybridized carbons (Fsp3) is 0.947. The van der Waals surface area contributed by atoms with Crippen LogP contribution in [0.5, 0.6) is 0 Å². The smallest absolute Gasteiger partial charge is 0.193 e. The normalized spacial score (nSPS) is 17.2. The number of hydrogen-bond donors (Lipinski definition) is 1. The van der Waals surface area contributed by atoms with Crippen molar-refractivity contribution in [3.63, 3.8) is 0 Å². The van der Waals surface area contributed by atoms with Gasteiger partial charge in [-0.15, -0.1) is 0 Å². The molecule has 6 nitrogen and oxygen atoms in total. The van der Waals surface area contributed by atoms with Crippen molar-refractivity contribution in [2.75, 3.05) is 53.6 Å². The summed E-state index contributed by atoms with van der Waals surface area (Å²) in [6.45, 7) is 14.6. The van der Waals surface area contributed by atoms with Crippen LogP contribution in [-0.4, -0.2) is 87.5 Å². The van der Waals surface area contributed by atoms with E-state index in [1.807, 2.05) is 7.05 Å². The number of nitrogens with zero attached hydrogens (tertiary/aromatic N) is 3. The van der Waals surface area contributed by atoms with Gasteiger partial charge in [0.2, 0.25) is 0 Å². The molecule has 0 atom stereocenters. The molecule has 0 radical (unpaired) electrons. The van der Waals surface area contributed by atoms with Gasteiger partial charge in [0.05, 0.1) is 6.10 Å². The quantitative estimate of drug-likeness (QED) is 0.369. The van der Waals surface area contributed by atoms with E-state index >= 15 is 0 Å². The van der Waals surface area contributed by atoms with Crippen molar-refractivity contribution >= 4 is 5.96 Å². The third kappa shape index (κ3) is 8.38. The number of likely N-dealkylation sites (tertiary alicyclic amines) is 1. The second kappa shape index (κ2) is 12.5. The Hall–Kier alpha value is -0.850. The zero-order valence-corrected chi connectivity index (χ0v) is 17.3. The summed E-state index contributed by atoms with van der Waals surface area (Å²) >= 11 is 0. The molecular formula is C19H40N4O2. The van der Waals surface area contributed by atoms with Crippen molar-refractivity contribution < 1.29 is 9.47 Å². The van der Waals surface area contributed by atoms with Crippen LogP contribution in [-0.2, 0) is 9.47 Å². The number of ether oxygens (including phenoxy) is 2. The van der Waals surface area contributed by atoms with Gasteiger partial charge >= 0.3 is 0 Å². The van der Waals surface area contributed by atoms with E-state index in [1.54, 1.807) is 7.11 Å². The van der Waals surface area contributed by atoms with Crippen LogP contribution in [0.3, 0.4) is 0 Å². The number of hydrogen-bond acceptors (Lipinski definition) is 4. The molecule has 0 aromatic carbocycles. The molecule has 0 saturated carbocycles. The first-order valence-corrected chi connectivity index (χ1v) is 9.81. The van der Waals surface area contributed by atoms with Gasteiger partial charge in [-0.05, 0) is 47.0 Å². The predicted octanol–water partition coefficient (Wildman–Crippen LogP) is 2.20. The van der Waals surface area contributed by atoms with Gasteiger partial charge in [0, 0.05) is 65.6 Å². The SMILES string of the molecule is CN=C(NCCN(C(C)C)C(C)C)N1CCC(OCCCOC)CC1. The Balaban J connectivity index is 2.30. The molecule has 0 spiro atoms. The van der Waals surface area contributed by atoms with Crippen molar-refractivity contribution in [1.82, 2.24) is 15.1 Å². The third-order valence-corrected chi connectivity index (χ3v) is 4.78. The molecule has 1 rings (SSSR count). The fourth-order valence-electron chi connectivity index (χ4n) is 3.43. The van der Waals surface area contributed by atoms with Crippen LogP contribution in [0.1, 0.15) is 47.0 Å². The predicted molar refractivity (Wildman–Crippen MR) is 105 cm³/mol. The minimum absolute atomic E-state index is 0.378. The largest absolute Gasteiger partial charge is 0.385 e. The lowest BCUT2D eigenvalue weighted by atomic mass is 10.1. The van der Waals surface area contributed by atoms with Crippen molar-refractivity contribution in [3.05, 3.63) is 0 Å². The molecule has 0 bridgehead atoms. The van der Waals surface area contributed by atoms with E-state index in [0.29, 0.717) is 18.2 Å². The maximum atomic E-state index is 5.94. The first kappa shape index (κ1) is 22.2. The fourth-order valence-corrected chi connectivity index (χ4v) is 3.43. The highest BCUT2D eigenvalue weighted by molar-refractivity contribution is 5.79. The molecule has 1 heterocycles. The van der Waals surface area contributed by atoms with Crippen LogP contribution in [0, 0.1) is 0 Å². The molecule has 0 aliphatic carbocycles. The lowest BCUT2D eigenvalue weighted by molar-refractivity contribution is 0.00988. The summed E-state index contributed by atoms with van der Waals surface area (Å²) in [6, 6.07) is 1.13. The van der Waals surface area contributed by atoms with Gasteiger partial charge < -0.3 is 19.7 Å². The van der Waals surface area contributed by atoms with Crippen LogP contribution in [0.4, 0.5) is 0 Å². The van der Waals surface area contributed by atoms with Gasteiger partial charge in [-0.25, -0.2) is 0 Å². The number of methoxy groups -OCH3 is 1. The van der Waals surface area contributed by atoms with E-state index in [-0.39, 0.29) is 0 Å². The van der Waals surface area contributed by atoms with Gasteiger partial charge in [-0.3, -0.25) is 9.89 Å². The number of aliphatic imine (C=N–C) groups is 1. The molecule has 0 amide bonds. The molecule has 1 aliphatic rings. The summed E-state index contributed by atoms with van der Waals surface area (Å²) in [5, 5.41) is 3.53. The van der Waals surface area contributed by atoms with Gasteiger partial charge in [0.1, 0.15) is 0 Å². The van der Waals surface area contributed by atoms with Crippen LogP contribution in [0.15, 0.2) is 4.99 Å². The Morgan fingerprint density at radius 1 is 1.16 bits per heavy atom. The Morgan fingerprint density at radius 3 is 2.32 bits per heavy atom. The maximum Gasteiger partial charge on any atom is 0.193 e. The van der Waals surface area contributed by atoms with E-state index < -0.39 is 0 Å². The first-order chi connectivity index (χ1) is 12.0. The average Bonchev–Trinajstić information content (AvgIpc) is 2.59. The standard InChI is InChI=1S/C19H40N4O2/c1-16(2)23(17(3)4)13-10-21-19(20-5)22-11-8-18(9-12-22)25-15-7-14-24-6/h16-18H,7-15H2,1-6H3,(H,20,21). The van der Waals surface area contributed by atoms with Crippen molar-refractivity contribution in [3.8, 4) is 0 Å². The minimum atomic E-state index is 0.378. The number of nitrogens with one attached hydrogen (secondary N) is 1. The van der Waals surface area contributed by atoms with Gasteiger partial charge in [-0.2, -0.15) is 0 Å². The first-order valence-electron chi connectivity index (χ1n) is 9.81. The molecule has 25 heavy (non-hydrogen) atoms. The van der Waals surface area contributed by atoms with E-state index in [9.17, 15) is 0 Å². The molecule has 1 N–H and O–H groups in total. The molecule has 0 aromatic heterocycles. The van der Waals surface area contributed by atoms with Gasteiger partial charge in [-0.1, -0.05) is 0 Å². The number of piperidine rings is 1. The van der Waals surface area contributed by atoms with Crippen LogP contribution in [0.25, 0.3) is 0 Å². The molecule has 1 fully saturated rings. The summed E-state index contributed by atoms with van der Waals surface area (Å²) in [5.41, 5.74) is 0. The lowest BCUT2D eigenvalue weighted by Crippen LogP contribution is -2.49. The topological polar surface area (TPSA) is 49.3 Å². The Bertz CT molecular complexity index is 358. The molecule has 148 valence electrons. The second-order valence-electron chi connectivity index (χ2n) is 7.30. The summed E-state index contributed by atoms with van der Waals surface area (Å²) in [5.74, 6) is 1.02. The summed E-state index contributed by atoms with van der Waals surface area (Å²) in [7, 11) is 3.61. The van der Waals surface area contributed by atoms with E-state index in [0.717, 1.165) is 64.6 Å². The van der Waals surface area contributed by atoms with Gasteiger partial charge in [0.15, 0.2) is 5.96 Å². The zero-order chi connectivity index (χ0) is 18.7. The molecule has 0 unspecified atom stereocenters. The summed E-state index contributed by atoms with van der Waals surface area (Å²) in [6.07, 6.45) is 3.49. The molecule has 1 aliphatic heterocycles. The monoisotopic (exact) mass is 356 g/mol. The van der Waals surface area contributed by atoms with Crippen molar-refractivity contribution in [2.45, 2.75) is 65.1 Å². The Morgan fingerprint density at radius 2 is 1.80 bits per heavy atom. The highest BCUT2D eigenvalue weighted by atomic mass is 16.5. The second-order valence-corrected chi connectivity index (χ2v) is 7.30. The van der Waals surface area contributed by atoms with E-state index in [4.69, 9.17) is 9.47 Å². The molecular weight excluding hydrogens is 316 g/mol. The van der Waals surface area contributed by atoms with Crippen molar-refractivity contribution in [1.29, 1.82) is 0 Å². The van der Waals surface area contributed by atoms with Crippen LogP contribution in [0.2, 0.25) is 0 Å². The van der Waals surface area contributed by atoms with Crippen LogP contribution >= 0.6 is 0 Å². The molecule has 1 saturated heterocycles. The Labute approximate surface area is 154 Å². The average molecular weight is 357 g/mol. The molecule has 0 aromatic rings. The zero-order valence-electron chi connectivity index (χ0n) is 17.3. The Kier molecular flexibility index (Phi) is 11.1. The van der Waals surface area contributed by atoms with E-state index in [1.165, 1.54) is 0 Å². The summed E-state index contributed by atoms with van der Waals surface area (Å²) in [4.78, 5) is 9.32. The van der Waals surface area contributed by atoms with E-state index in [2.05, 4.69) is 47.8 Å². The van der Waals surface area contributed by atoms with Crippen LogP contribution < -0.4 is 5.32 Å². The number of guanidine groups is 1. The third-order valence-electron chi connectivity index (χ3n) is 4.78. The van der Waals surface area contributed by atoms with Crippen molar-refractivity contribution in [2.24, 2.45) is 4.99 Å². The molecule has 6 heteroatoms. The van der Waals surface area contributed by atoms with Gasteiger partial charge in [0.25, 0.3) is 0 Å². The maximum absolute atomic E-state index is 5.94. The minimum Gasteiger partial charge on any atom is -0.385 e. The summed E-state index contributed by atoms with van der Waals surface area (Å²) < 4.78 is 11.0. The number of rotatable bonds is 10.